The summed E-state index contributed by atoms with van der Waals surface area (Å²) in [6.45, 7) is 3.61. The van der Waals surface area contributed by atoms with Crippen LogP contribution in [0, 0.1) is 0 Å². The first-order valence-electron chi connectivity index (χ1n) is 27.2. The van der Waals surface area contributed by atoms with Crippen LogP contribution in [0.4, 0.5) is 0 Å². The van der Waals surface area contributed by atoms with Gasteiger partial charge in [-0.05, 0) is 122 Å². The quantitative estimate of drug-likeness (QED) is 0.0197. The van der Waals surface area contributed by atoms with Crippen LogP contribution in [0.2, 0.25) is 0 Å². The number of carbonyl (C=O) groups is 1. The zero-order valence-electron chi connectivity index (χ0n) is 44.8. The molecule has 12 nitrogen and oxygen atoms in total. The Balaban J connectivity index is 2.42. The standard InChI is InChI=1S/C61H94O12S/c1-3-5-7-9-11-13-15-17-19-21-23-25-26-27-28-29-31-33-35-37-39-41-43-45-47-49-51-69-53-55(54-70-61-59(65)60(73-74(66,67)68)58(64)56(52-62)72-61)71-57(63)50-48-46-44-42-40-38-36-34-32-30-24-22-20-18-16-14-12-10-8-6-4-2/h5-8,11-14,17-20,23-25,27-28,30-31,33-34,36-37,39-40,42,55-56,58-62,64-65H,3-4,9-10,15-16,21-22,26,29,32,35,38,41,43-54H2,1-2H3,(H,66,67,68)/b7-5-,8-6-,13-11-,14-12-,19-17-,20-18-,25-23-,28-27-,30-24-,33-31-,36-34-,39-37-,42-40-. The number of hydrogen-bond acceptors (Lipinski definition) is 11. The Hall–Kier alpha value is -4.28. The van der Waals surface area contributed by atoms with Gasteiger partial charge in [-0.3, -0.25) is 9.35 Å². The van der Waals surface area contributed by atoms with E-state index < -0.39 is 59.8 Å². The van der Waals surface area contributed by atoms with Gasteiger partial charge in [-0.25, -0.2) is 4.18 Å². The van der Waals surface area contributed by atoms with Crippen molar-refractivity contribution in [3.8, 4) is 0 Å². The summed E-state index contributed by atoms with van der Waals surface area (Å²) in [4.78, 5) is 12.9. The zero-order chi connectivity index (χ0) is 53.8. The van der Waals surface area contributed by atoms with Crippen molar-refractivity contribution in [2.24, 2.45) is 0 Å². The Morgan fingerprint density at radius 3 is 1.28 bits per heavy atom. The van der Waals surface area contributed by atoms with Gasteiger partial charge in [0.05, 0.1) is 19.8 Å². The monoisotopic (exact) mass is 1050 g/mol. The van der Waals surface area contributed by atoms with Crippen LogP contribution in [-0.4, -0.2) is 97.5 Å². The Morgan fingerprint density at radius 2 is 0.892 bits per heavy atom. The summed E-state index contributed by atoms with van der Waals surface area (Å²) in [5.41, 5.74) is 0. The molecular formula is C61H94O12S. The Morgan fingerprint density at radius 1 is 0.514 bits per heavy atom. The molecule has 0 aromatic rings. The average molecular weight is 1050 g/mol. The summed E-state index contributed by atoms with van der Waals surface area (Å²) in [6, 6.07) is 0. The highest BCUT2D eigenvalue weighted by molar-refractivity contribution is 7.80. The summed E-state index contributed by atoms with van der Waals surface area (Å²) >= 11 is 0. The van der Waals surface area contributed by atoms with E-state index in [1.807, 2.05) is 0 Å². The highest BCUT2D eigenvalue weighted by atomic mass is 32.3. The Bertz CT molecular complexity index is 1880. The van der Waals surface area contributed by atoms with Gasteiger partial charge in [0.15, 0.2) is 6.29 Å². The van der Waals surface area contributed by atoms with E-state index in [0.29, 0.717) is 13.0 Å². The lowest BCUT2D eigenvalue weighted by atomic mass is 9.99. The van der Waals surface area contributed by atoms with Crippen molar-refractivity contribution in [1.29, 1.82) is 0 Å². The van der Waals surface area contributed by atoms with E-state index in [0.717, 1.165) is 128 Å². The van der Waals surface area contributed by atoms with Crippen LogP contribution in [0.25, 0.3) is 0 Å². The normalized spacial score (nSPS) is 20.0. The molecule has 0 aromatic carbocycles. The van der Waals surface area contributed by atoms with E-state index in [2.05, 4.69) is 176 Å². The van der Waals surface area contributed by atoms with Crippen LogP contribution in [-0.2, 0) is 38.3 Å². The van der Waals surface area contributed by atoms with E-state index in [1.165, 1.54) is 0 Å². The van der Waals surface area contributed by atoms with Crippen LogP contribution < -0.4 is 0 Å². The van der Waals surface area contributed by atoms with Crippen LogP contribution in [0.5, 0.6) is 0 Å². The SMILES string of the molecule is CC/C=C\C/C=C\C/C=C\C/C=C\C/C=C\C/C=C\C/C=C\CCCCCCOCC(COC1OC(CO)C(O)C(OS(=O)(=O)O)C1O)OC(=O)CCCC/C=C\C/C=C\C/C=C\C/C=C\C/C=C\C/C=C\CC. The fourth-order valence-corrected chi connectivity index (χ4v) is 7.63. The molecule has 6 atom stereocenters. The predicted molar refractivity (Wildman–Crippen MR) is 303 cm³/mol. The number of hydrogen-bond donors (Lipinski definition) is 4. The Kier molecular flexibility index (Phi) is 45.4. The van der Waals surface area contributed by atoms with E-state index in [1.54, 1.807) is 0 Å². The number of rotatable bonds is 45. The number of aliphatic hydroxyl groups excluding tert-OH is 3. The number of aliphatic hydroxyl groups is 3. The molecule has 0 amide bonds. The first-order valence-corrected chi connectivity index (χ1v) is 28.6. The Labute approximate surface area is 447 Å². The molecule has 0 aromatic heterocycles. The largest absolute Gasteiger partial charge is 0.457 e. The van der Waals surface area contributed by atoms with Crippen molar-refractivity contribution in [1.82, 2.24) is 0 Å². The van der Waals surface area contributed by atoms with Crippen LogP contribution in [0.15, 0.2) is 158 Å². The molecule has 1 aliphatic rings. The van der Waals surface area contributed by atoms with E-state index in [-0.39, 0.29) is 19.6 Å². The maximum absolute atomic E-state index is 12.9. The molecule has 13 heteroatoms. The van der Waals surface area contributed by atoms with Crippen LogP contribution in [0.3, 0.4) is 0 Å². The molecule has 1 heterocycles. The third-order valence-electron chi connectivity index (χ3n) is 11.1. The molecule has 0 spiro atoms. The molecule has 6 unspecified atom stereocenters. The lowest BCUT2D eigenvalue weighted by molar-refractivity contribution is -0.301. The second-order valence-electron chi connectivity index (χ2n) is 17.7. The van der Waals surface area contributed by atoms with Gasteiger partial charge >= 0.3 is 16.4 Å². The van der Waals surface area contributed by atoms with Crippen molar-refractivity contribution in [2.75, 3.05) is 26.4 Å². The summed E-state index contributed by atoms with van der Waals surface area (Å²) in [6.07, 6.45) is 67.0. The molecule has 0 aliphatic carbocycles. The fourth-order valence-electron chi connectivity index (χ4n) is 7.12. The van der Waals surface area contributed by atoms with Gasteiger partial charge in [0, 0.05) is 13.0 Å². The molecule has 4 N–H and O–H groups in total. The average Bonchev–Trinajstić information content (AvgIpc) is 3.38. The highest BCUT2D eigenvalue weighted by Gasteiger charge is 2.48. The number of allylic oxidation sites excluding steroid dienone is 26. The zero-order valence-corrected chi connectivity index (χ0v) is 45.6. The lowest BCUT2D eigenvalue weighted by Crippen LogP contribution is -2.60. The molecule has 0 saturated carbocycles. The molecule has 1 saturated heterocycles. The molecular weight excluding hydrogens is 957 g/mol. The number of unbranched alkanes of at least 4 members (excludes halogenated alkanes) is 6. The summed E-state index contributed by atoms with van der Waals surface area (Å²) < 4.78 is 59.3. The maximum atomic E-state index is 12.9. The third-order valence-corrected chi connectivity index (χ3v) is 11.6. The molecule has 0 radical (unpaired) electrons. The van der Waals surface area contributed by atoms with Crippen molar-refractivity contribution in [2.45, 2.75) is 192 Å². The molecule has 74 heavy (non-hydrogen) atoms. The topological polar surface area (TPSA) is 178 Å². The highest BCUT2D eigenvalue weighted by Crippen LogP contribution is 2.26. The smallest absolute Gasteiger partial charge is 0.397 e. The van der Waals surface area contributed by atoms with Crippen LogP contribution >= 0.6 is 0 Å². The molecule has 1 rings (SSSR count). The van der Waals surface area contributed by atoms with Gasteiger partial charge in [-0.1, -0.05) is 185 Å². The number of ether oxygens (including phenoxy) is 4. The summed E-state index contributed by atoms with van der Waals surface area (Å²) in [5.74, 6) is -0.458. The van der Waals surface area contributed by atoms with Gasteiger partial charge in [0.25, 0.3) is 0 Å². The van der Waals surface area contributed by atoms with E-state index in [4.69, 9.17) is 18.9 Å². The lowest BCUT2D eigenvalue weighted by Gasteiger charge is -2.41. The fraction of sp³-hybridized carbons (Fsp3) is 0.557. The van der Waals surface area contributed by atoms with Gasteiger partial charge < -0.3 is 34.3 Å². The summed E-state index contributed by atoms with van der Waals surface area (Å²) in [7, 11) is -5.09. The predicted octanol–water partition coefficient (Wildman–Crippen LogP) is 13.4. The first kappa shape index (κ1) is 67.7. The van der Waals surface area contributed by atoms with Gasteiger partial charge in [0.1, 0.15) is 30.5 Å². The minimum absolute atomic E-state index is 0.0125. The molecule has 416 valence electrons. The minimum Gasteiger partial charge on any atom is -0.457 e. The van der Waals surface area contributed by atoms with Gasteiger partial charge in [-0.2, -0.15) is 8.42 Å². The third kappa shape index (κ3) is 42.0. The van der Waals surface area contributed by atoms with Crippen molar-refractivity contribution in [3.05, 3.63) is 158 Å². The van der Waals surface area contributed by atoms with Crippen molar-refractivity contribution < 1.29 is 56.2 Å². The first-order chi connectivity index (χ1) is 36.1. The number of carbonyl (C=O) groups excluding carboxylic acids is 1. The molecule has 1 fully saturated rings. The van der Waals surface area contributed by atoms with E-state index >= 15 is 0 Å². The van der Waals surface area contributed by atoms with E-state index in [9.17, 15) is 33.1 Å². The molecule has 0 bridgehead atoms. The van der Waals surface area contributed by atoms with Gasteiger partial charge in [-0.15, -0.1) is 0 Å². The van der Waals surface area contributed by atoms with Crippen LogP contribution in [0.1, 0.15) is 155 Å². The minimum atomic E-state index is -5.09. The number of esters is 1. The summed E-state index contributed by atoms with van der Waals surface area (Å²) in [5, 5.41) is 30.8. The van der Waals surface area contributed by atoms with Crippen molar-refractivity contribution >= 4 is 16.4 Å². The second kappa shape index (κ2) is 49.6. The molecule has 1 aliphatic heterocycles. The van der Waals surface area contributed by atoms with Crippen molar-refractivity contribution in [3.63, 3.8) is 0 Å². The second-order valence-corrected chi connectivity index (χ2v) is 18.7. The maximum Gasteiger partial charge on any atom is 0.397 e. The van der Waals surface area contributed by atoms with Gasteiger partial charge in [0.2, 0.25) is 0 Å².